The van der Waals surface area contributed by atoms with E-state index in [0.717, 1.165) is 28.2 Å². The first-order chi connectivity index (χ1) is 26.2. The molecule has 0 saturated carbocycles. The van der Waals surface area contributed by atoms with Gasteiger partial charge in [0.2, 0.25) is 0 Å². The number of ether oxygens (including phenoxy) is 4. The van der Waals surface area contributed by atoms with Gasteiger partial charge in [0.05, 0.1) is 58.7 Å². The predicted molar refractivity (Wildman–Crippen MR) is 205 cm³/mol. The quantitative estimate of drug-likeness (QED) is 0.0590. The normalized spacial score (nSPS) is 18.0. The third-order valence-corrected chi connectivity index (χ3v) is 11.5. The smallest absolute Gasteiger partial charge is 0.278 e. The molecule has 1 N–H and O–H groups in total. The van der Waals surface area contributed by atoms with Gasteiger partial charge in [0, 0.05) is 18.5 Å². The SMILES string of the molecule is COc1ccc(C(OCC2OC(n3cnc4c(=O)[nH]cnc43)CC2OP(OCCC#N)N(C(C)C)C(C)C)(c2ccccc2)c2ccc(OC)cc2)cc1. The molecule has 1 aliphatic heterocycles. The molecule has 0 spiro atoms. The molecule has 284 valence electrons. The Morgan fingerprint density at radius 1 is 0.944 bits per heavy atom. The van der Waals surface area contributed by atoms with Crippen molar-refractivity contribution in [3.05, 3.63) is 119 Å². The number of rotatable bonds is 17. The van der Waals surface area contributed by atoms with Gasteiger partial charge in [-0.3, -0.25) is 9.36 Å². The molecule has 4 atom stereocenters. The maximum atomic E-state index is 12.6. The summed E-state index contributed by atoms with van der Waals surface area (Å²) in [5.74, 6) is 1.44. The topological polar surface area (TPSA) is 146 Å². The zero-order valence-corrected chi connectivity index (χ0v) is 32.3. The number of benzene rings is 3. The molecular weight excluding hydrogens is 707 g/mol. The fraction of sp³-hybridized carbons (Fsp3) is 0.400. The molecule has 1 fully saturated rings. The third-order valence-electron chi connectivity index (χ3n) is 9.38. The number of nitrogens with zero attached hydrogens (tertiary/aromatic N) is 5. The number of H-pyrrole nitrogens is 1. The molecule has 0 radical (unpaired) electrons. The average molecular weight is 755 g/mol. The summed E-state index contributed by atoms with van der Waals surface area (Å²) < 4.78 is 42.4. The van der Waals surface area contributed by atoms with E-state index in [1.54, 1.807) is 25.1 Å². The molecule has 3 heterocycles. The molecule has 6 rings (SSSR count). The molecule has 14 heteroatoms. The van der Waals surface area contributed by atoms with Crippen LogP contribution >= 0.6 is 8.53 Å². The summed E-state index contributed by atoms with van der Waals surface area (Å²) >= 11 is 0. The highest BCUT2D eigenvalue weighted by atomic mass is 31.2. The molecule has 2 aromatic heterocycles. The van der Waals surface area contributed by atoms with Gasteiger partial charge in [0.1, 0.15) is 29.4 Å². The van der Waals surface area contributed by atoms with Crippen LogP contribution in [0, 0.1) is 11.3 Å². The van der Waals surface area contributed by atoms with E-state index in [4.69, 9.17) is 28.0 Å². The Morgan fingerprint density at radius 2 is 1.56 bits per heavy atom. The van der Waals surface area contributed by atoms with Gasteiger partial charge in [-0.15, -0.1) is 0 Å². The molecule has 3 aromatic carbocycles. The summed E-state index contributed by atoms with van der Waals surface area (Å²) in [6.45, 7) is 8.71. The standard InChI is InChI=1S/C40H47N6O7P/c1-27(2)46(28(3)4)54(51-22-10-21-41)53-34-23-36(45-26-44-37-38(45)42-25-43-39(37)47)52-35(34)24-50-40(29-11-8-7-9-12-29,30-13-17-32(48-5)18-14-30)31-15-19-33(49-6)20-16-31/h7-9,11-20,25-28,34-36H,10,22-24H2,1-6H3,(H,42,43,47). The molecule has 0 aliphatic carbocycles. The largest absolute Gasteiger partial charge is 0.497 e. The Labute approximate surface area is 316 Å². The van der Waals surface area contributed by atoms with Crippen LogP contribution in [0.4, 0.5) is 0 Å². The number of fused-ring (bicyclic) bond motifs is 1. The molecule has 13 nitrogen and oxygen atoms in total. The van der Waals surface area contributed by atoms with Crippen LogP contribution in [-0.2, 0) is 24.1 Å². The summed E-state index contributed by atoms with van der Waals surface area (Å²) in [6, 6.07) is 28.1. The van der Waals surface area contributed by atoms with Gasteiger partial charge in [0.25, 0.3) is 14.1 Å². The molecule has 4 unspecified atom stereocenters. The number of nitriles is 1. The number of nitrogens with one attached hydrogen (secondary N) is 1. The number of aromatic nitrogens is 4. The Bertz CT molecular complexity index is 1990. The number of hydrogen-bond acceptors (Lipinski definition) is 11. The molecule has 0 bridgehead atoms. The van der Waals surface area contributed by atoms with Gasteiger partial charge in [-0.05, 0) is 68.7 Å². The van der Waals surface area contributed by atoms with E-state index in [2.05, 4.69) is 53.4 Å². The predicted octanol–water partition coefficient (Wildman–Crippen LogP) is 7.09. The maximum Gasteiger partial charge on any atom is 0.278 e. The minimum atomic E-state index is -1.63. The highest BCUT2D eigenvalue weighted by molar-refractivity contribution is 7.44. The first-order valence-corrected chi connectivity index (χ1v) is 19.1. The van der Waals surface area contributed by atoms with Crippen LogP contribution in [-0.4, -0.2) is 75.9 Å². The third kappa shape index (κ3) is 8.20. The van der Waals surface area contributed by atoms with Crippen molar-refractivity contribution >= 4 is 19.7 Å². The zero-order valence-electron chi connectivity index (χ0n) is 31.4. The Hall–Kier alpha value is -4.67. The van der Waals surface area contributed by atoms with Crippen LogP contribution < -0.4 is 15.0 Å². The Kier molecular flexibility index (Phi) is 12.8. The Balaban J connectivity index is 1.43. The molecular formula is C40H47N6O7P. The number of imidazole rings is 1. The minimum Gasteiger partial charge on any atom is -0.497 e. The Morgan fingerprint density at radius 3 is 2.13 bits per heavy atom. The number of methoxy groups -OCH3 is 2. The van der Waals surface area contributed by atoms with E-state index in [-0.39, 0.29) is 42.8 Å². The van der Waals surface area contributed by atoms with Crippen LogP contribution in [0.2, 0.25) is 0 Å². The van der Waals surface area contributed by atoms with Crippen molar-refractivity contribution in [1.82, 2.24) is 24.2 Å². The lowest BCUT2D eigenvalue weighted by Crippen LogP contribution is -2.39. The minimum absolute atomic E-state index is 0.0930. The van der Waals surface area contributed by atoms with E-state index in [1.807, 2.05) is 78.9 Å². The second-order valence-electron chi connectivity index (χ2n) is 13.4. The van der Waals surface area contributed by atoms with Crippen LogP contribution in [0.15, 0.2) is 96.3 Å². The average Bonchev–Trinajstić information content (AvgIpc) is 3.80. The summed E-state index contributed by atoms with van der Waals surface area (Å²) in [5.41, 5.74) is 1.84. The summed E-state index contributed by atoms with van der Waals surface area (Å²) in [6.07, 6.45) is 1.83. The van der Waals surface area contributed by atoms with E-state index in [0.29, 0.717) is 12.1 Å². The fourth-order valence-corrected chi connectivity index (χ4v) is 8.66. The first kappa shape index (κ1) is 39.0. The van der Waals surface area contributed by atoms with Crippen LogP contribution in [0.25, 0.3) is 11.2 Å². The number of aromatic amines is 1. The highest BCUT2D eigenvalue weighted by Crippen LogP contribution is 2.51. The lowest BCUT2D eigenvalue weighted by molar-refractivity contribution is -0.0912. The fourth-order valence-electron chi connectivity index (χ4n) is 6.90. The molecule has 1 saturated heterocycles. The van der Waals surface area contributed by atoms with E-state index in [1.165, 1.54) is 6.33 Å². The van der Waals surface area contributed by atoms with Crippen molar-refractivity contribution in [1.29, 1.82) is 5.26 Å². The molecule has 5 aromatic rings. The van der Waals surface area contributed by atoms with Gasteiger partial charge in [-0.25, -0.2) is 14.6 Å². The van der Waals surface area contributed by atoms with Gasteiger partial charge in [-0.1, -0.05) is 54.6 Å². The van der Waals surface area contributed by atoms with Crippen molar-refractivity contribution in [2.24, 2.45) is 0 Å². The molecule has 1 aliphatic rings. The number of hydrogen-bond donors (Lipinski definition) is 1. The van der Waals surface area contributed by atoms with Gasteiger partial charge in [-0.2, -0.15) is 5.26 Å². The second-order valence-corrected chi connectivity index (χ2v) is 14.8. The van der Waals surface area contributed by atoms with Crippen molar-refractivity contribution in [2.75, 3.05) is 27.4 Å². The van der Waals surface area contributed by atoms with Crippen LogP contribution in [0.5, 0.6) is 11.5 Å². The van der Waals surface area contributed by atoms with Crippen LogP contribution in [0.3, 0.4) is 0 Å². The van der Waals surface area contributed by atoms with Crippen LogP contribution in [0.1, 0.15) is 63.5 Å². The lowest BCUT2D eigenvalue weighted by Gasteiger charge is -2.39. The summed E-state index contributed by atoms with van der Waals surface area (Å²) in [5, 5.41) is 9.33. The zero-order chi connectivity index (χ0) is 38.2. The maximum absolute atomic E-state index is 12.6. The van der Waals surface area contributed by atoms with E-state index < -0.39 is 32.6 Å². The summed E-state index contributed by atoms with van der Waals surface area (Å²) in [4.78, 5) is 24.0. The van der Waals surface area contributed by atoms with Gasteiger partial charge >= 0.3 is 0 Å². The van der Waals surface area contributed by atoms with Gasteiger partial charge in [0.15, 0.2) is 11.2 Å². The summed E-state index contributed by atoms with van der Waals surface area (Å²) in [7, 11) is 1.65. The molecule has 54 heavy (non-hydrogen) atoms. The van der Waals surface area contributed by atoms with Crippen molar-refractivity contribution in [3.8, 4) is 17.6 Å². The van der Waals surface area contributed by atoms with E-state index in [9.17, 15) is 10.1 Å². The second kappa shape index (κ2) is 17.6. The lowest BCUT2D eigenvalue weighted by atomic mass is 9.80. The highest BCUT2D eigenvalue weighted by Gasteiger charge is 2.45. The van der Waals surface area contributed by atoms with Crippen molar-refractivity contribution in [2.45, 2.75) is 76.7 Å². The monoisotopic (exact) mass is 754 g/mol. The van der Waals surface area contributed by atoms with Crippen molar-refractivity contribution < 1.29 is 28.0 Å². The van der Waals surface area contributed by atoms with Crippen molar-refractivity contribution in [3.63, 3.8) is 0 Å². The van der Waals surface area contributed by atoms with Gasteiger partial charge < -0.3 is 33.0 Å². The van der Waals surface area contributed by atoms with E-state index >= 15 is 0 Å². The molecule has 0 amide bonds. The first-order valence-electron chi connectivity index (χ1n) is 18.0.